The Hall–Kier alpha value is -0.760. The van der Waals surface area contributed by atoms with Crippen molar-refractivity contribution in [3.05, 3.63) is 12.2 Å². The van der Waals surface area contributed by atoms with Crippen LogP contribution in [0.25, 0.3) is 0 Å². The molecule has 0 spiro atoms. The molecule has 0 bridgehead atoms. The van der Waals surface area contributed by atoms with Crippen molar-refractivity contribution in [2.45, 2.75) is 244 Å². The zero-order chi connectivity index (χ0) is 38.9. The number of phosphoric acid groups is 1. The van der Waals surface area contributed by atoms with E-state index in [1.54, 1.807) is 6.08 Å². The Morgan fingerprint density at radius 1 is 0.604 bits per heavy atom. The molecule has 0 aliphatic carbocycles. The second-order valence-corrected chi connectivity index (χ2v) is 17.1. The SMILES string of the molecule is CCCCCCCCCCCCCCCCCC/C=C/C(O)C(COP(=O)(O)OCCN)NC(=O)CCCCCCCCCCCCCCCCCC. The van der Waals surface area contributed by atoms with Gasteiger partial charge in [-0.3, -0.25) is 13.8 Å². The molecule has 0 radical (unpaired) electrons. The first-order valence-corrected chi connectivity index (χ1v) is 24.3. The second kappa shape index (κ2) is 40.9. The molecule has 3 unspecified atom stereocenters. The third kappa shape index (κ3) is 39.3. The van der Waals surface area contributed by atoms with Gasteiger partial charge in [-0.1, -0.05) is 219 Å². The average molecular weight is 773 g/mol. The summed E-state index contributed by atoms with van der Waals surface area (Å²) in [5.41, 5.74) is 5.38. The number of allylic oxidation sites excluding steroid dienone is 1. The van der Waals surface area contributed by atoms with E-state index < -0.39 is 20.0 Å². The highest BCUT2D eigenvalue weighted by Gasteiger charge is 2.26. The van der Waals surface area contributed by atoms with Crippen molar-refractivity contribution < 1.29 is 28.4 Å². The largest absolute Gasteiger partial charge is 0.472 e. The summed E-state index contributed by atoms with van der Waals surface area (Å²) in [6, 6.07) is -0.854. The molecule has 0 aromatic carbocycles. The molecule has 316 valence electrons. The summed E-state index contributed by atoms with van der Waals surface area (Å²) in [6.45, 7) is 4.16. The molecule has 0 saturated heterocycles. The third-order valence-corrected chi connectivity index (χ3v) is 11.3. The highest BCUT2D eigenvalue weighted by Crippen LogP contribution is 2.43. The van der Waals surface area contributed by atoms with Gasteiger partial charge in [0.2, 0.25) is 5.91 Å². The number of unbranched alkanes of at least 4 members (excludes halogenated alkanes) is 31. The number of rotatable bonds is 43. The van der Waals surface area contributed by atoms with E-state index in [0.717, 1.165) is 38.5 Å². The Labute approximate surface area is 328 Å². The Morgan fingerprint density at radius 3 is 1.34 bits per heavy atom. The Morgan fingerprint density at radius 2 is 0.962 bits per heavy atom. The number of hydrogen-bond acceptors (Lipinski definition) is 6. The molecule has 0 heterocycles. The van der Waals surface area contributed by atoms with Gasteiger partial charge in [0.15, 0.2) is 0 Å². The fourth-order valence-electron chi connectivity index (χ4n) is 6.90. The maximum absolute atomic E-state index is 12.8. The van der Waals surface area contributed by atoms with Crippen molar-refractivity contribution in [1.82, 2.24) is 5.32 Å². The predicted molar refractivity (Wildman–Crippen MR) is 226 cm³/mol. The molecular weight excluding hydrogens is 683 g/mol. The number of nitrogens with one attached hydrogen (secondary N) is 1. The minimum absolute atomic E-state index is 0.0815. The molecule has 3 atom stereocenters. The number of phosphoric ester groups is 1. The highest BCUT2D eigenvalue weighted by atomic mass is 31.2. The third-order valence-electron chi connectivity index (χ3n) is 10.4. The molecular formula is C44H89N2O6P. The molecule has 1 amide bonds. The van der Waals surface area contributed by atoms with Crippen LogP contribution in [0.15, 0.2) is 12.2 Å². The van der Waals surface area contributed by atoms with Gasteiger partial charge in [-0.05, 0) is 19.3 Å². The normalized spacial score (nSPS) is 14.1. The van der Waals surface area contributed by atoms with Crippen LogP contribution in [0.2, 0.25) is 0 Å². The van der Waals surface area contributed by atoms with Crippen LogP contribution >= 0.6 is 7.82 Å². The van der Waals surface area contributed by atoms with Crippen LogP contribution in [-0.4, -0.2) is 47.8 Å². The van der Waals surface area contributed by atoms with E-state index in [4.69, 9.17) is 14.8 Å². The van der Waals surface area contributed by atoms with Crippen molar-refractivity contribution in [2.24, 2.45) is 5.73 Å². The van der Waals surface area contributed by atoms with Gasteiger partial charge in [0.25, 0.3) is 0 Å². The first-order valence-electron chi connectivity index (χ1n) is 22.8. The molecule has 5 N–H and O–H groups in total. The van der Waals surface area contributed by atoms with E-state index in [1.165, 1.54) is 173 Å². The van der Waals surface area contributed by atoms with Crippen molar-refractivity contribution >= 4 is 13.7 Å². The standard InChI is InChI=1S/C44H89N2O6P/c1-3-5-7-9-11-13-15-17-19-21-22-23-25-27-29-31-33-35-37-43(47)42(41-52-53(49,50)51-40-39-45)46-44(48)38-36-34-32-30-28-26-24-20-18-16-14-12-10-8-6-4-2/h35,37,42-43,47H,3-34,36,38-41,45H2,1-2H3,(H,46,48)(H,49,50)/b37-35+. The number of aliphatic hydroxyl groups excluding tert-OH is 1. The quantitative estimate of drug-likeness (QED) is 0.0276. The maximum atomic E-state index is 12.8. The van der Waals surface area contributed by atoms with Crippen LogP contribution in [-0.2, 0) is 18.4 Å². The van der Waals surface area contributed by atoms with E-state index >= 15 is 0 Å². The van der Waals surface area contributed by atoms with Crippen molar-refractivity contribution in [3.8, 4) is 0 Å². The molecule has 8 nitrogen and oxygen atoms in total. The molecule has 53 heavy (non-hydrogen) atoms. The lowest BCUT2D eigenvalue weighted by Gasteiger charge is -2.23. The number of amides is 1. The van der Waals surface area contributed by atoms with Crippen molar-refractivity contribution in [3.63, 3.8) is 0 Å². The zero-order valence-electron chi connectivity index (χ0n) is 35.0. The van der Waals surface area contributed by atoms with Crippen LogP contribution in [0.3, 0.4) is 0 Å². The first-order chi connectivity index (χ1) is 25.9. The Balaban J connectivity index is 4.16. The summed E-state index contributed by atoms with van der Waals surface area (Å²) in [6.07, 6.45) is 45.4. The van der Waals surface area contributed by atoms with Crippen LogP contribution in [0.4, 0.5) is 0 Å². The summed E-state index contributed by atoms with van der Waals surface area (Å²) >= 11 is 0. The lowest BCUT2D eigenvalue weighted by atomic mass is 10.0. The van der Waals surface area contributed by atoms with Gasteiger partial charge in [0.05, 0.1) is 25.4 Å². The lowest BCUT2D eigenvalue weighted by Crippen LogP contribution is -2.45. The highest BCUT2D eigenvalue weighted by molar-refractivity contribution is 7.47. The van der Waals surface area contributed by atoms with Crippen molar-refractivity contribution in [2.75, 3.05) is 19.8 Å². The summed E-state index contributed by atoms with van der Waals surface area (Å²) in [7, 11) is -4.33. The smallest absolute Gasteiger partial charge is 0.387 e. The molecule has 9 heteroatoms. The Kier molecular flexibility index (Phi) is 40.3. The summed E-state index contributed by atoms with van der Waals surface area (Å²) < 4.78 is 22.1. The van der Waals surface area contributed by atoms with Gasteiger partial charge < -0.3 is 21.1 Å². The fraction of sp³-hybridized carbons (Fsp3) is 0.932. The van der Waals surface area contributed by atoms with Crippen LogP contribution in [0, 0.1) is 0 Å². The number of carbonyl (C=O) groups excluding carboxylic acids is 1. The fourth-order valence-corrected chi connectivity index (χ4v) is 7.66. The second-order valence-electron chi connectivity index (χ2n) is 15.6. The topological polar surface area (TPSA) is 131 Å². The monoisotopic (exact) mass is 773 g/mol. The molecule has 0 aliphatic heterocycles. The minimum atomic E-state index is -4.33. The number of carbonyl (C=O) groups is 1. The van der Waals surface area contributed by atoms with E-state index in [2.05, 4.69) is 19.2 Å². The van der Waals surface area contributed by atoms with E-state index in [0.29, 0.717) is 6.42 Å². The molecule has 0 saturated carbocycles. The van der Waals surface area contributed by atoms with Crippen LogP contribution < -0.4 is 11.1 Å². The predicted octanol–water partition coefficient (Wildman–Crippen LogP) is 12.8. The van der Waals surface area contributed by atoms with Gasteiger partial charge >= 0.3 is 7.82 Å². The lowest BCUT2D eigenvalue weighted by molar-refractivity contribution is -0.123. The van der Waals surface area contributed by atoms with Gasteiger partial charge in [0, 0.05) is 13.0 Å². The molecule has 0 fully saturated rings. The zero-order valence-corrected chi connectivity index (χ0v) is 35.9. The Bertz CT molecular complexity index is 845. The van der Waals surface area contributed by atoms with E-state index in [9.17, 15) is 19.4 Å². The van der Waals surface area contributed by atoms with Gasteiger partial charge in [0.1, 0.15) is 0 Å². The maximum Gasteiger partial charge on any atom is 0.472 e. The van der Waals surface area contributed by atoms with Gasteiger partial charge in [-0.25, -0.2) is 4.57 Å². The minimum Gasteiger partial charge on any atom is -0.387 e. The van der Waals surface area contributed by atoms with Crippen LogP contribution in [0.5, 0.6) is 0 Å². The summed E-state index contributed by atoms with van der Waals surface area (Å²) in [5, 5.41) is 13.7. The van der Waals surface area contributed by atoms with E-state index in [-0.39, 0.29) is 25.7 Å². The van der Waals surface area contributed by atoms with Crippen molar-refractivity contribution in [1.29, 1.82) is 0 Å². The number of nitrogens with two attached hydrogens (primary N) is 1. The molecule has 0 aliphatic rings. The summed E-state index contributed by atoms with van der Waals surface area (Å²) in [5.74, 6) is -0.190. The molecule has 0 rings (SSSR count). The molecule has 0 aromatic heterocycles. The first kappa shape index (κ1) is 52.2. The van der Waals surface area contributed by atoms with Crippen LogP contribution in [0.1, 0.15) is 232 Å². The van der Waals surface area contributed by atoms with Gasteiger partial charge in [-0.15, -0.1) is 0 Å². The number of aliphatic hydroxyl groups is 1. The average Bonchev–Trinajstić information content (AvgIpc) is 3.14. The number of hydrogen-bond donors (Lipinski definition) is 4. The van der Waals surface area contributed by atoms with Gasteiger partial charge in [-0.2, -0.15) is 0 Å². The summed E-state index contributed by atoms with van der Waals surface area (Å²) in [4.78, 5) is 22.7. The van der Waals surface area contributed by atoms with E-state index in [1.807, 2.05) is 6.08 Å². The molecule has 0 aromatic rings.